The summed E-state index contributed by atoms with van der Waals surface area (Å²) in [6.07, 6.45) is 0. The Morgan fingerprint density at radius 1 is 1.32 bits per heavy atom. The number of piperazine rings is 1. The van der Waals surface area contributed by atoms with E-state index in [-0.39, 0.29) is 17.5 Å². The fourth-order valence-corrected chi connectivity index (χ4v) is 4.78. The van der Waals surface area contributed by atoms with Crippen molar-refractivity contribution in [3.63, 3.8) is 0 Å². The van der Waals surface area contributed by atoms with Gasteiger partial charge in [-0.3, -0.25) is 0 Å². The van der Waals surface area contributed by atoms with E-state index < -0.39 is 9.84 Å². The van der Waals surface area contributed by atoms with Crippen LogP contribution < -0.4 is 5.32 Å². The van der Waals surface area contributed by atoms with Gasteiger partial charge >= 0.3 is 0 Å². The maximum Gasteiger partial charge on any atom is 0.179 e. The number of rotatable bonds is 2. The van der Waals surface area contributed by atoms with Crippen LogP contribution in [0.3, 0.4) is 0 Å². The number of benzene rings is 1. The highest BCUT2D eigenvalue weighted by molar-refractivity contribution is 7.91. The number of nitrogens with zero attached hydrogens (tertiary/aromatic N) is 1. The summed E-state index contributed by atoms with van der Waals surface area (Å²) in [5, 5.41) is 3.26. The molecule has 2 aliphatic heterocycles. The van der Waals surface area contributed by atoms with E-state index in [4.69, 9.17) is 0 Å². The first-order valence-corrected chi connectivity index (χ1v) is 8.17. The van der Waals surface area contributed by atoms with E-state index in [1.807, 2.05) is 0 Å². The molecule has 1 N–H and O–H groups in total. The lowest BCUT2D eigenvalue weighted by atomic mass is 10.0. The van der Waals surface area contributed by atoms with E-state index in [1.54, 1.807) is 0 Å². The second-order valence-corrected chi connectivity index (χ2v) is 7.21. The Morgan fingerprint density at radius 2 is 2.05 bits per heavy atom. The third-order valence-corrected chi connectivity index (χ3v) is 5.74. The molecule has 0 radical (unpaired) electrons. The number of sulfone groups is 1. The first-order valence-electron chi connectivity index (χ1n) is 6.51. The lowest BCUT2D eigenvalue weighted by Crippen LogP contribution is -2.45. The van der Waals surface area contributed by atoms with Crippen molar-refractivity contribution in [2.75, 3.05) is 38.5 Å². The Balaban J connectivity index is 1.86. The Morgan fingerprint density at radius 3 is 2.79 bits per heavy atom. The lowest BCUT2D eigenvalue weighted by Gasteiger charge is -2.29. The Labute approximate surface area is 112 Å². The van der Waals surface area contributed by atoms with E-state index in [1.165, 1.54) is 18.2 Å². The summed E-state index contributed by atoms with van der Waals surface area (Å²) in [6, 6.07) is 4.01. The Hall–Kier alpha value is -0.980. The molecule has 0 aromatic heterocycles. The molecule has 2 aliphatic rings. The molecule has 6 heteroatoms. The van der Waals surface area contributed by atoms with Crippen molar-refractivity contribution in [1.82, 2.24) is 10.2 Å². The van der Waals surface area contributed by atoms with Gasteiger partial charge in [0.2, 0.25) is 0 Å². The maximum atomic E-state index is 13.3. The van der Waals surface area contributed by atoms with Crippen molar-refractivity contribution in [3.8, 4) is 0 Å². The molecule has 1 aromatic carbocycles. The number of halogens is 1. The summed E-state index contributed by atoms with van der Waals surface area (Å²) in [6.45, 7) is 4.38. The molecule has 0 saturated carbocycles. The fraction of sp³-hybridized carbons (Fsp3) is 0.538. The van der Waals surface area contributed by atoms with Gasteiger partial charge in [-0.2, -0.15) is 0 Å². The fourth-order valence-electron chi connectivity index (χ4n) is 2.92. The molecular weight excluding hydrogens is 267 g/mol. The van der Waals surface area contributed by atoms with Crippen LogP contribution in [0.4, 0.5) is 4.39 Å². The molecule has 104 valence electrons. The van der Waals surface area contributed by atoms with Crippen LogP contribution in [0, 0.1) is 5.82 Å². The van der Waals surface area contributed by atoms with Gasteiger partial charge in [-0.1, -0.05) is 0 Å². The monoisotopic (exact) mass is 284 g/mol. The minimum Gasteiger partial charge on any atom is -0.314 e. The largest absolute Gasteiger partial charge is 0.314 e. The van der Waals surface area contributed by atoms with Gasteiger partial charge in [0.1, 0.15) is 5.82 Å². The minimum atomic E-state index is -3.23. The van der Waals surface area contributed by atoms with Gasteiger partial charge in [0.15, 0.2) is 9.84 Å². The molecule has 1 atom stereocenters. The molecule has 0 aliphatic carbocycles. The predicted octanol–water partition coefficient (Wildman–Crippen LogP) is 0.602. The van der Waals surface area contributed by atoms with Gasteiger partial charge in [-0.25, -0.2) is 12.8 Å². The topological polar surface area (TPSA) is 49.4 Å². The van der Waals surface area contributed by atoms with Crippen molar-refractivity contribution in [1.29, 1.82) is 0 Å². The summed E-state index contributed by atoms with van der Waals surface area (Å²) in [4.78, 5) is 2.56. The standard InChI is InChI=1S/C13H17FN2O2S/c14-11-1-2-13-12(7-11)10(9-19(13,17)18)8-16-5-3-15-4-6-16/h1-2,7,10,15H,3-6,8-9H2. The van der Waals surface area contributed by atoms with Crippen LogP contribution in [0.25, 0.3) is 0 Å². The first kappa shape index (κ1) is 13.0. The SMILES string of the molecule is O=S1(=O)CC(CN2CCNCC2)c2cc(F)ccc21. The highest BCUT2D eigenvalue weighted by Crippen LogP contribution is 2.35. The number of nitrogens with one attached hydrogen (secondary N) is 1. The van der Waals surface area contributed by atoms with Crippen LogP contribution in [-0.2, 0) is 9.84 Å². The van der Waals surface area contributed by atoms with E-state index in [0.29, 0.717) is 17.0 Å². The van der Waals surface area contributed by atoms with Gasteiger partial charge in [-0.15, -0.1) is 0 Å². The zero-order valence-electron chi connectivity index (χ0n) is 10.6. The van der Waals surface area contributed by atoms with Crippen molar-refractivity contribution < 1.29 is 12.8 Å². The maximum absolute atomic E-state index is 13.3. The van der Waals surface area contributed by atoms with Crippen LogP contribution in [0.2, 0.25) is 0 Å². The van der Waals surface area contributed by atoms with E-state index in [9.17, 15) is 12.8 Å². The first-order chi connectivity index (χ1) is 9.06. The van der Waals surface area contributed by atoms with Gasteiger partial charge in [-0.05, 0) is 23.8 Å². The third kappa shape index (κ3) is 2.52. The number of hydrogen-bond acceptors (Lipinski definition) is 4. The van der Waals surface area contributed by atoms with Crippen LogP contribution in [0.15, 0.2) is 23.1 Å². The lowest BCUT2D eigenvalue weighted by molar-refractivity contribution is 0.231. The van der Waals surface area contributed by atoms with Crippen LogP contribution in [-0.4, -0.2) is 51.8 Å². The van der Waals surface area contributed by atoms with Gasteiger partial charge < -0.3 is 10.2 Å². The molecule has 0 bridgehead atoms. The molecular formula is C13H17FN2O2S. The normalized spacial score (nSPS) is 26.3. The molecule has 19 heavy (non-hydrogen) atoms. The highest BCUT2D eigenvalue weighted by atomic mass is 32.2. The third-order valence-electron chi connectivity index (χ3n) is 3.86. The van der Waals surface area contributed by atoms with Crippen molar-refractivity contribution in [2.45, 2.75) is 10.8 Å². The predicted molar refractivity (Wildman–Crippen MR) is 70.5 cm³/mol. The smallest absolute Gasteiger partial charge is 0.179 e. The molecule has 1 aromatic rings. The number of fused-ring (bicyclic) bond motifs is 1. The van der Waals surface area contributed by atoms with Crippen LogP contribution in [0.1, 0.15) is 11.5 Å². The quantitative estimate of drug-likeness (QED) is 0.808. The van der Waals surface area contributed by atoms with Crippen molar-refractivity contribution in [3.05, 3.63) is 29.6 Å². The summed E-state index contributed by atoms with van der Waals surface area (Å²) < 4.78 is 37.5. The van der Waals surface area contributed by atoms with Gasteiger partial charge in [0.05, 0.1) is 10.6 Å². The second-order valence-electron chi connectivity index (χ2n) is 5.21. The van der Waals surface area contributed by atoms with Crippen LogP contribution >= 0.6 is 0 Å². The summed E-state index contributed by atoms with van der Waals surface area (Å²) in [7, 11) is -3.23. The summed E-state index contributed by atoms with van der Waals surface area (Å²) >= 11 is 0. The second kappa shape index (κ2) is 4.85. The van der Waals surface area contributed by atoms with Crippen molar-refractivity contribution in [2.24, 2.45) is 0 Å². The zero-order valence-corrected chi connectivity index (χ0v) is 11.4. The molecule has 1 fully saturated rings. The molecule has 1 saturated heterocycles. The van der Waals surface area contributed by atoms with E-state index >= 15 is 0 Å². The molecule has 0 amide bonds. The molecule has 4 nitrogen and oxygen atoms in total. The summed E-state index contributed by atoms with van der Waals surface area (Å²) in [5.74, 6) is -0.356. The van der Waals surface area contributed by atoms with Crippen molar-refractivity contribution >= 4 is 9.84 Å². The minimum absolute atomic E-state index is 0.103. The number of hydrogen-bond donors (Lipinski definition) is 1. The molecule has 1 unspecified atom stereocenters. The van der Waals surface area contributed by atoms with Gasteiger partial charge in [0, 0.05) is 38.6 Å². The average molecular weight is 284 g/mol. The Bertz CT molecular complexity index is 582. The molecule has 3 rings (SSSR count). The Kier molecular flexibility index (Phi) is 3.32. The molecule has 0 spiro atoms. The van der Waals surface area contributed by atoms with E-state index in [2.05, 4.69) is 10.2 Å². The summed E-state index contributed by atoms with van der Waals surface area (Å²) in [5.41, 5.74) is 0.651. The van der Waals surface area contributed by atoms with Gasteiger partial charge in [0.25, 0.3) is 0 Å². The van der Waals surface area contributed by atoms with E-state index in [0.717, 1.165) is 26.2 Å². The molecule has 2 heterocycles. The average Bonchev–Trinajstić information content (AvgIpc) is 2.62. The zero-order chi connectivity index (χ0) is 13.5. The van der Waals surface area contributed by atoms with Crippen LogP contribution in [0.5, 0.6) is 0 Å². The highest BCUT2D eigenvalue weighted by Gasteiger charge is 2.35.